The van der Waals surface area contributed by atoms with E-state index < -0.39 is 36.2 Å². The van der Waals surface area contributed by atoms with E-state index in [1.54, 1.807) is 6.20 Å². The number of alkyl halides is 3. The van der Waals surface area contributed by atoms with E-state index in [0.717, 1.165) is 18.2 Å². The van der Waals surface area contributed by atoms with E-state index in [4.69, 9.17) is 16.7 Å². The molecule has 0 unspecified atom stereocenters. The molecule has 0 aliphatic rings. The molecule has 11 heteroatoms. The Balaban J connectivity index is 1.85. The summed E-state index contributed by atoms with van der Waals surface area (Å²) in [5.41, 5.74) is -0.941. The number of aromatic nitrogens is 3. The van der Waals surface area contributed by atoms with Gasteiger partial charge in [-0.15, -0.1) is 0 Å². The largest absolute Gasteiger partial charge is 0.433 e. The van der Waals surface area contributed by atoms with E-state index in [1.807, 2.05) is 0 Å². The molecule has 1 atom stereocenters. The minimum Gasteiger partial charge on any atom is -0.394 e. The monoisotopic (exact) mass is 414 g/mol. The van der Waals surface area contributed by atoms with Gasteiger partial charge in [0.1, 0.15) is 11.4 Å². The molecule has 0 spiro atoms. The standard InChI is InChI=1S/C17H14ClF3N4O3/c18-11-5-13-9(6-25(24-13)7-10(27)8-26)4-14(11)23-16(28)12-2-1-3-15(22-12)17(19,20)21/h1-6,10,26-27H,7-8H2,(H,23,28)/t10-/m1/s1. The number of nitrogens with one attached hydrogen (secondary N) is 1. The van der Waals surface area contributed by atoms with Crippen molar-refractivity contribution in [3.05, 3.63) is 52.9 Å². The van der Waals surface area contributed by atoms with Gasteiger partial charge in [0, 0.05) is 11.6 Å². The van der Waals surface area contributed by atoms with Crippen molar-refractivity contribution in [3.8, 4) is 0 Å². The van der Waals surface area contributed by atoms with Crippen LogP contribution in [0.25, 0.3) is 10.9 Å². The van der Waals surface area contributed by atoms with Crippen LogP contribution in [-0.2, 0) is 12.7 Å². The third kappa shape index (κ3) is 4.41. The van der Waals surface area contributed by atoms with Crippen molar-refractivity contribution in [2.75, 3.05) is 11.9 Å². The van der Waals surface area contributed by atoms with Crippen molar-refractivity contribution in [1.29, 1.82) is 0 Å². The Morgan fingerprint density at radius 3 is 2.75 bits per heavy atom. The maximum atomic E-state index is 12.8. The second-order valence-corrected chi connectivity index (χ2v) is 6.35. The molecule has 28 heavy (non-hydrogen) atoms. The Morgan fingerprint density at radius 2 is 2.07 bits per heavy atom. The van der Waals surface area contributed by atoms with Crippen LogP contribution in [0.1, 0.15) is 16.2 Å². The predicted molar refractivity (Wildman–Crippen MR) is 95.0 cm³/mol. The van der Waals surface area contributed by atoms with Gasteiger partial charge in [0.05, 0.1) is 35.5 Å². The number of halogens is 4. The number of pyridine rings is 1. The van der Waals surface area contributed by atoms with Crippen LogP contribution in [-0.4, -0.2) is 43.6 Å². The number of benzene rings is 1. The van der Waals surface area contributed by atoms with E-state index in [1.165, 1.54) is 16.8 Å². The van der Waals surface area contributed by atoms with Crippen molar-refractivity contribution < 1.29 is 28.2 Å². The molecule has 3 aromatic rings. The molecule has 0 aliphatic heterocycles. The summed E-state index contributed by atoms with van der Waals surface area (Å²) in [6.07, 6.45) is -4.08. The normalized spacial score (nSPS) is 12.9. The number of aliphatic hydroxyl groups excluding tert-OH is 2. The van der Waals surface area contributed by atoms with Crippen LogP contribution in [0.3, 0.4) is 0 Å². The van der Waals surface area contributed by atoms with Crippen molar-refractivity contribution in [2.24, 2.45) is 0 Å². The van der Waals surface area contributed by atoms with E-state index in [9.17, 15) is 23.1 Å². The molecular weight excluding hydrogens is 401 g/mol. The molecule has 2 aromatic heterocycles. The molecule has 3 N–H and O–H groups in total. The number of fused-ring (bicyclic) bond motifs is 1. The highest BCUT2D eigenvalue weighted by atomic mass is 35.5. The molecule has 0 bridgehead atoms. The minimum atomic E-state index is -4.67. The van der Waals surface area contributed by atoms with Gasteiger partial charge in [-0.25, -0.2) is 4.98 Å². The predicted octanol–water partition coefficient (Wildman–Crippen LogP) is 2.71. The summed E-state index contributed by atoms with van der Waals surface area (Å²) in [6.45, 7) is -0.374. The van der Waals surface area contributed by atoms with Gasteiger partial charge in [-0.05, 0) is 24.3 Å². The van der Waals surface area contributed by atoms with Crippen LogP contribution in [0, 0.1) is 0 Å². The number of amides is 1. The van der Waals surface area contributed by atoms with Gasteiger partial charge in [0.25, 0.3) is 5.91 Å². The first-order chi connectivity index (χ1) is 13.2. The summed E-state index contributed by atoms with van der Waals surface area (Å²) in [4.78, 5) is 15.6. The van der Waals surface area contributed by atoms with Gasteiger partial charge in [-0.2, -0.15) is 18.3 Å². The van der Waals surface area contributed by atoms with Crippen LogP contribution in [0.15, 0.2) is 36.5 Å². The summed E-state index contributed by atoms with van der Waals surface area (Å²) in [6, 6.07) is 5.98. The Bertz CT molecular complexity index is 1020. The molecule has 2 heterocycles. The second-order valence-electron chi connectivity index (χ2n) is 5.94. The minimum absolute atomic E-state index is 0.0542. The summed E-state index contributed by atoms with van der Waals surface area (Å²) >= 11 is 6.13. The first-order valence-electron chi connectivity index (χ1n) is 7.98. The van der Waals surface area contributed by atoms with Gasteiger partial charge in [0.15, 0.2) is 0 Å². The lowest BCUT2D eigenvalue weighted by atomic mass is 10.2. The van der Waals surface area contributed by atoms with E-state index >= 15 is 0 Å². The highest BCUT2D eigenvalue weighted by Crippen LogP contribution is 2.29. The molecule has 0 saturated heterocycles. The lowest BCUT2D eigenvalue weighted by molar-refractivity contribution is -0.141. The lowest BCUT2D eigenvalue weighted by Gasteiger charge is -2.09. The van der Waals surface area contributed by atoms with Crippen molar-refractivity contribution in [2.45, 2.75) is 18.8 Å². The molecule has 3 rings (SSSR count). The Hall–Kier alpha value is -2.69. The Labute approximate surface area is 161 Å². The molecule has 0 saturated carbocycles. The SMILES string of the molecule is O=C(Nc1cc2cn(C[C@@H](O)CO)nc2cc1Cl)c1cccc(C(F)(F)F)n1. The number of carbonyl (C=O) groups excluding carboxylic acids is 1. The maximum Gasteiger partial charge on any atom is 0.433 e. The molecule has 0 radical (unpaired) electrons. The number of hydrogen-bond acceptors (Lipinski definition) is 5. The number of nitrogens with zero attached hydrogens (tertiary/aromatic N) is 3. The van der Waals surface area contributed by atoms with Crippen molar-refractivity contribution in [3.63, 3.8) is 0 Å². The molecule has 0 fully saturated rings. The average Bonchev–Trinajstić information content (AvgIpc) is 3.02. The summed E-state index contributed by atoms with van der Waals surface area (Å²) in [5.74, 6) is -0.851. The summed E-state index contributed by atoms with van der Waals surface area (Å²) in [7, 11) is 0. The molecule has 0 aliphatic carbocycles. The summed E-state index contributed by atoms with van der Waals surface area (Å²) in [5, 5.41) is 25.7. The maximum absolute atomic E-state index is 12.8. The number of carbonyl (C=O) groups is 1. The van der Waals surface area contributed by atoms with Crippen LogP contribution in [0.4, 0.5) is 18.9 Å². The lowest BCUT2D eigenvalue weighted by Crippen LogP contribution is -2.19. The number of anilines is 1. The summed E-state index contributed by atoms with van der Waals surface area (Å²) < 4.78 is 39.7. The van der Waals surface area contributed by atoms with Gasteiger partial charge in [-0.1, -0.05) is 17.7 Å². The average molecular weight is 415 g/mol. The highest BCUT2D eigenvalue weighted by molar-refractivity contribution is 6.34. The van der Waals surface area contributed by atoms with Crippen molar-refractivity contribution >= 4 is 34.1 Å². The van der Waals surface area contributed by atoms with E-state index in [0.29, 0.717) is 10.9 Å². The topological polar surface area (TPSA) is 100 Å². The number of aliphatic hydroxyl groups is 2. The Kier molecular flexibility index (Phi) is 5.54. The van der Waals surface area contributed by atoms with E-state index in [2.05, 4.69) is 15.4 Å². The zero-order valence-electron chi connectivity index (χ0n) is 14.1. The van der Waals surface area contributed by atoms with Gasteiger partial charge >= 0.3 is 6.18 Å². The second kappa shape index (κ2) is 7.74. The third-order valence-corrected chi connectivity index (χ3v) is 4.08. The zero-order valence-corrected chi connectivity index (χ0v) is 14.9. The molecule has 7 nitrogen and oxygen atoms in total. The first-order valence-corrected chi connectivity index (χ1v) is 8.36. The fourth-order valence-electron chi connectivity index (χ4n) is 2.47. The molecule has 148 valence electrons. The quantitative estimate of drug-likeness (QED) is 0.596. The van der Waals surface area contributed by atoms with Crippen molar-refractivity contribution in [1.82, 2.24) is 14.8 Å². The third-order valence-electron chi connectivity index (χ3n) is 3.77. The van der Waals surface area contributed by atoms with Crippen LogP contribution < -0.4 is 5.32 Å². The fourth-order valence-corrected chi connectivity index (χ4v) is 2.67. The van der Waals surface area contributed by atoms with Gasteiger partial charge in [0.2, 0.25) is 0 Å². The fraction of sp³-hybridized carbons (Fsp3) is 0.235. The molecule has 1 amide bonds. The highest BCUT2D eigenvalue weighted by Gasteiger charge is 2.33. The van der Waals surface area contributed by atoms with E-state index in [-0.39, 0.29) is 17.3 Å². The number of hydrogen-bond donors (Lipinski definition) is 3. The van der Waals surface area contributed by atoms with Crippen LogP contribution in [0.2, 0.25) is 5.02 Å². The van der Waals surface area contributed by atoms with Crippen LogP contribution >= 0.6 is 11.6 Å². The van der Waals surface area contributed by atoms with Gasteiger partial charge in [-0.3, -0.25) is 9.48 Å². The van der Waals surface area contributed by atoms with Gasteiger partial charge < -0.3 is 15.5 Å². The molecular formula is C17H14ClF3N4O3. The number of rotatable bonds is 5. The molecule has 1 aromatic carbocycles. The Morgan fingerprint density at radius 1 is 1.32 bits per heavy atom. The zero-order chi connectivity index (χ0) is 20.5. The first kappa shape index (κ1) is 20.1. The smallest absolute Gasteiger partial charge is 0.394 e. The van der Waals surface area contributed by atoms with Crippen LogP contribution in [0.5, 0.6) is 0 Å².